The molecule has 0 aromatic rings. The summed E-state index contributed by atoms with van der Waals surface area (Å²) in [5, 5.41) is 0. The first-order chi connectivity index (χ1) is 5.74. The molecule has 0 heteroatoms. The van der Waals surface area contributed by atoms with Gasteiger partial charge in [-0.3, -0.25) is 0 Å². The fourth-order valence-electron chi connectivity index (χ4n) is 0. The van der Waals surface area contributed by atoms with Crippen LogP contribution in [0.2, 0.25) is 0 Å². The third kappa shape index (κ3) is 90.0. The van der Waals surface area contributed by atoms with Gasteiger partial charge in [-0.1, -0.05) is 80.1 Å². The number of unbranched alkanes of at least 4 members (excludes halogenated alkanes) is 3. The minimum absolute atomic E-state index is 0. The minimum Gasteiger partial charge on any atom is -0.0654 e. The summed E-state index contributed by atoms with van der Waals surface area (Å²) in [5.41, 5.74) is 0. The lowest BCUT2D eigenvalue weighted by atomic mass is 10.4. The molecule has 0 aromatic heterocycles. The van der Waals surface area contributed by atoms with E-state index in [4.69, 9.17) is 0 Å². The van der Waals surface area contributed by atoms with Gasteiger partial charge in [-0.2, -0.15) is 0 Å². The zero-order valence-electron chi connectivity index (χ0n) is 10.2. The Hall–Kier alpha value is 0. The fraction of sp³-hybridized carbons (Fsp3) is 1.00. The SMILES string of the molecule is CCCC.CCCC.CCCC.[HH].[HH].[HH]. The predicted molar refractivity (Wildman–Crippen MR) is 68.1 cm³/mol. The summed E-state index contributed by atoms with van der Waals surface area (Å²) in [5.74, 6) is 0. The lowest BCUT2D eigenvalue weighted by Gasteiger charge is -1.68. The maximum atomic E-state index is 2.18. The van der Waals surface area contributed by atoms with Crippen molar-refractivity contribution in [2.45, 2.75) is 80.1 Å². The molecule has 0 spiro atoms. The molecule has 0 nitrogen and oxygen atoms in total. The van der Waals surface area contributed by atoms with Crippen LogP contribution in [0.15, 0.2) is 0 Å². The Kier molecular flexibility index (Phi) is 45.6. The molecule has 0 rings (SSSR count). The van der Waals surface area contributed by atoms with E-state index in [0.717, 1.165) is 0 Å². The number of hydrogen-bond donors (Lipinski definition) is 0. The van der Waals surface area contributed by atoms with Crippen molar-refractivity contribution in [1.29, 1.82) is 0 Å². The zero-order valence-corrected chi connectivity index (χ0v) is 10.2. The van der Waals surface area contributed by atoms with Gasteiger partial charge in [-0.05, 0) is 0 Å². The molecule has 0 saturated heterocycles. The van der Waals surface area contributed by atoms with E-state index in [0.29, 0.717) is 0 Å². The van der Waals surface area contributed by atoms with Crippen LogP contribution in [0, 0.1) is 0 Å². The average molecular weight is 180 g/mol. The van der Waals surface area contributed by atoms with Gasteiger partial charge in [0.2, 0.25) is 0 Å². The van der Waals surface area contributed by atoms with Crippen LogP contribution in [0.5, 0.6) is 0 Å². The van der Waals surface area contributed by atoms with Gasteiger partial charge in [0.1, 0.15) is 0 Å². The van der Waals surface area contributed by atoms with Gasteiger partial charge in [0.25, 0.3) is 0 Å². The summed E-state index contributed by atoms with van der Waals surface area (Å²) in [6, 6.07) is 0. The highest BCUT2D eigenvalue weighted by atomic mass is 13.6. The molecular weight excluding hydrogens is 144 g/mol. The zero-order chi connectivity index (χ0) is 10.2. The van der Waals surface area contributed by atoms with E-state index in [9.17, 15) is 0 Å². The van der Waals surface area contributed by atoms with Gasteiger partial charge in [0, 0.05) is 4.28 Å². The Morgan fingerprint density at radius 3 is 0.500 bits per heavy atom. The largest absolute Gasteiger partial charge is 0.0654 e. The van der Waals surface area contributed by atoms with E-state index in [1.54, 1.807) is 0 Å². The normalized spacial score (nSPS) is 7.50. The Morgan fingerprint density at radius 1 is 0.417 bits per heavy atom. The first-order valence-corrected chi connectivity index (χ1v) is 5.74. The molecule has 84 valence electrons. The average Bonchev–Trinajstić information content (AvgIpc) is 2.18. The van der Waals surface area contributed by atoms with Crippen LogP contribution in [-0.4, -0.2) is 0 Å². The molecule has 0 bridgehead atoms. The van der Waals surface area contributed by atoms with Crippen LogP contribution < -0.4 is 0 Å². The quantitative estimate of drug-likeness (QED) is 0.488. The fourth-order valence-corrected chi connectivity index (χ4v) is 0. The summed E-state index contributed by atoms with van der Waals surface area (Å²) >= 11 is 0. The summed E-state index contributed by atoms with van der Waals surface area (Å²) in [6.45, 7) is 13.1. The van der Waals surface area contributed by atoms with E-state index in [-0.39, 0.29) is 4.28 Å². The summed E-state index contributed by atoms with van der Waals surface area (Å²) < 4.78 is 0. The van der Waals surface area contributed by atoms with E-state index in [1.165, 1.54) is 38.5 Å². The van der Waals surface area contributed by atoms with Crippen LogP contribution in [0.25, 0.3) is 0 Å². The number of hydrogen-bond acceptors (Lipinski definition) is 0. The van der Waals surface area contributed by atoms with Gasteiger partial charge in [0.15, 0.2) is 0 Å². The molecule has 0 aliphatic rings. The molecule has 0 aliphatic carbocycles. The molecule has 12 heavy (non-hydrogen) atoms. The van der Waals surface area contributed by atoms with Gasteiger partial charge in [-0.25, -0.2) is 0 Å². The van der Waals surface area contributed by atoms with E-state index >= 15 is 0 Å². The van der Waals surface area contributed by atoms with Crippen LogP contribution >= 0.6 is 0 Å². The summed E-state index contributed by atoms with van der Waals surface area (Å²) in [7, 11) is 0. The maximum Gasteiger partial charge on any atom is 0 e. The topological polar surface area (TPSA) is 0 Å². The predicted octanol–water partition coefficient (Wildman–Crippen LogP) is 6.16. The lowest BCUT2D eigenvalue weighted by molar-refractivity contribution is 0.886. The van der Waals surface area contributed by atoms with Gasteiger partial charge >= 0.3 is 0 Å². The third-order valence-corrected chi connectivity index (χ3v) is 1.50. The van der Waals surface area contributed by atoms with Crippen LogP contribution in [-0.2, 0) is 0 Å². The van der Waals surface area contributed by atoms with Crippen molar-refractivity contribution in [3.05, 3.63) is 0 Å². The van der Waals surface area contributed by atoms with Crippen molar-refractivity contribution in [3.63, 3.8) is 0 Å². The van der Waals surface area contributed by atoms with E-state index in [2.05, 4.69) is 41.5 Å². The van der Waals surface area contributed by atoms with Crippen LogP contribution in [0.4, 0.5) is 0 Å². The minimum atomic E-state index is 0. The first-order valence-electron chi connectivity index (χ1n) is 5.74. The lowest BCUT2D eigenvalue weighted by Crippen LogP contribution is -1.47. The second kappa shape index (κ2) is 30.6. The smallest absolute Gasteiger partial charge is 0 e. The van der Waals surface area contributed by atoms with Crippen LogP contribution in [0.1, 0.15) is 84.3 Å². The van der Waals surface area contributed by atoms with Crippen molar-refractivity contribution in [3.8, 4) is 0 Å². The second-order valence-corrected chi connectivity index (χ2v) is 3.00. The Balaban J connectivity index is -0.0000000184. The van der Waals surface area contributed by atoms with Crippen molar-refractivity contribution >= 4 is 0 Å². The van der Waals surface area contributed by atoms with Gasteiger partial charge < -0.3 is 0 Å². The second-order valence-electron chi connectivity index (χ2n) is 3.00. The Bertz CT molecular complexity index is 26.3. The number of rotatable bonds is 3. The highest BCUT2D eigenvalue weighted by Gasteiger charge is 1.57. The maximum absolute atomic E-state index is 2.18. The van der Waals surface area contributed by atoms with Crippen molar-refractivity contribution < 1.29 is 4.28 Å². The molecular formula is C12H36. The molecule has 0 N–H and O–H groups in total. The van der Waals surface area contributed by atoms with Crippen molar-refractivity contribution in [1.82, 2.24) is 0 Å². The highest BCUT2D eigenvalue weighted by molar-refractivity contribution is 4.13. The molecule has 0 radical (unpaired) electrons. The standard InChI is InChI=1S/3C4H10.3H2/c3*1-3-4-2;;;/h3*3-4H2,1-2H3;3*1H. The molecule has 0 fully saturated rings. The van der Waals surface area contributed by atoms with Crippen LogP contribution in [0.3, 0.4) is 0 Å². The summed E-state index contributed by atoms with van der Waals surface area (Å²) in [6.07, 6.45) is 7.92. The third-order valence-electron chi connectivity index (χ3n) is 1.50. The van der Waals surface area contributed by atoms with Crippen molar-refractivity contribution in [2.75, 3.05) is 0 Å². The van der Waals surface area contributed by atoms with E-state index in [1.807, 2.05) is 0 Å². The Labute approximate surface area is 85.2 Å². The molecule has 0 heterocycles. The molecule has 0 amide bonds. The molecule has 0 aliphatic heterocycles. The van der Waals surface area contributed by atoms with Gasteiger partial charge in [-0.15, -0.1) is 0 Å². The molecule has 0 aromatic carbocycles. The highest BCUT2D eigenvalue weighted by Crippen LogP contribution is 1.77. The summed E-state index contributed by atoms with van der Waals surface area (Å²) in [4.78, 5) is 0. The first kappa shape index (κ1) is 17.9. The van der Waals surface area contributed by atoms with Crippen molar-refractivity contribution in [2.24, 2.45) is 0 Å². The van der Waals surface area contributed by atoms with Gasteiger partial charge in [0.05, 0.1) is 0 Å². The molecule has 0 atom stereocenters. The Morgan fingerprint density at radius 2 is 0.500 bits per heavy atom. The van der Waals surface area contributed by atoms with E-state index < -0.39 is 0 Å². The monoisotopic (exact) mass is 180 g/mol. The molecule has 0 unspecified atom stereocenters. The molecule has 0 saturated carbocycles.